The van der Waals surface area contributed by atoms with Crippen molar-refractivity contribution in [3.63, 3.8) is 0 Å². The fraction of sp³-hybridized carbons (Fsp3) is 0.231. The van der Waals surface area contributed by atoms with Crippen molar-refractivity contribution in [2.45, 2.75) is 12.6 Å². The largest absolute Gasteiger partial charge is 0.353 e. The molecule has 18 heavy (non-hydrogen) atoms. The zero-order chi connectivity index (χ0) is 12.8. The van der Waals surface area contributed by atoms with Crippen molar-refractivity contribution in [1.82, 2.24) is 15.1 Å². The van der Waals surface area contributed by atoms with Gasteiger partial charge < -0.3 is 11.1 Å². The van der Waals surface area contributed by atoms with Gasteiger partial charge in [0, 0.05) is 18.9 Å². The molecule has 0 unspecified atom stereocenters. The zero-order valence-corrected chi connectivity index (χ0v) is 9.99. The molecule has 1 aromatic heterocycles. The summed E-state index contributed by atoms with van der Waals surface area (Å²) in [6.45, 7) is 1.15. The predicted octanol–water partition coefficient (Wildman–Crippen LogP) is 0.699. The minimum absolute atomic E-state index is 0.173. The van der Waals surface area contributed by atoms with Crippen molar-refractivity contribution in [3.8, 4) is 0 Å². The van der Waals surface area contributed by atoms with Crippen molar-refractivity contribution >= 4 is 5.91 Å². The molecule has 0 aliphatic heterocycles. The van der Waals surface area contributed by atoms with E-state index in [9.17, 15) is 4.79 Å². The van der Waals surface area contributed by atoms with E-state index in [1.165, 1.54) is 0 Å². The van der Waals surface area contributed by atoms with E-state index >= 15 is 0 Å². The van der Waals surface area contributed by atoms with Crippen LogP contribution in [-0.4, -0.2) is 22.2 Å². The summed E-state index contributed by atoms with van der Waals surface area (Å²) in [4.78, 5) is 11.8. The second kappa shape index (κ2) is 5.97. The van der Waals surface area contributed by atoms with Crippen LogP contribution in [0.3, 0.4) is 0 Å². The quantitative estimate of drug-likeness (QED) is 0.813. The Balaban J connectivity index is 1.81. The van der Waals surface area contributed by atoms with Crippen LogP contribution in [0.4, 0.5) is 0 Å². The van der Waals surface area contributed by atoms with Gasteiger partial charge in [0.05, 0.1) is 6.54 Å². The van der Waals surface area contributed by atoms with E-state index in [2.05, 4.69) is 10.4 Å². The molecule has 2 aromatic rings. The Morgan fingerprint density at radius 2 is 2.11 bits per heavy atom. The van der Waals surface area contributed by atoms with Gasteiger partial charge in [-0.05, 0) is 11.6 Å². The lowest BCUT2D eigenvalue weighted by Crippen LogP contribution is -2.35. The summed E-state index contributed by atoms with van der Waals surface area (Å²) in [5.74, 6) is -0.173. The summed E-state index contributed by atoms with van der Waals surface area (Å²) in [6.07, 6.45) is 3.56. The van der Waals surface area contributed by atoms with E-state index in [4.69, 9.17) is 5.73 Å². The molecule has 0 radical (unpaired) electrons. The van der Waals surface area contributed by atoms with E-state index in [1.807, 2.05) is 42.6 Å². The SMILES string of the molecule is N[C@H](C(=O)NCCn1cccn1)c1ccccc1. The number of hydrogen-bond acceptors (Lipinski definition) is 3. The van der Waals surface area contributed by atoms with Gasteiger partial charge in [-0.3, -0.25) is 9.48 Å². The molecule has 3 N–H and O–H groups in total. The highest BCUT2D eigenvalue weighted by atomic mass is 16.2. The maximum absolute atomic E-state index is 11.8. The molecular weight excluding hydrogens is 228 g/mol. The second-order valence-corrected chi connectivity index (χ2v) is 3.95. The summed E-state index contributed by atoms with van der Waals surface area (Å²) in [6, 6.07) is 10.5. The smallest absolute Gasteiger partial charge is 0.241 e. The van der Waals surface area contributed by atoms with Crippen LogP contribution in [0.2, 0.25) is 0 Å². The number of nitrogens with zero attached hydrogens (tertiary/aromatic N) is 2. The third-order valence-electron chi connectivity index (χ3n) is 2.64. The number of amides is 1. The van der Waals surface area contributed by atoms with Gasteiger partial charge in [-0.1, -0.05) is 30.3 Å². The van der Waals surface area contributed by atoms with Crippen LogP contribution in [0.25, 0.3) is 0 Å². The van der Waals surface area contributed by atoms with Gasteiger partial charge in [0.2, 0.25) is 5.91 Å². The van der Waals surface area contributed by atoms with Gasteiger partial charge in [0.15, 0.2) is 0 Å². The molecule has 1 atom stereocenters. The topological polar surface area (TPSA) is 72.9 Å². The van der Waals surface area contributed by atoms with Crippen molar-refractivity contribution in [2.75, 3.05) is 6.54 Å². The highest BCUT2D eigenvalue weighted by molar-refractivity contribution is 5.82. The summed E-state index contributed by atoms with van der Waals surface area (Å²) in [5.41, 5.74) is 6.68. The van der Waals surface area contributed by atoms with Crippen LogP contribution in [0.15, 0.2) is 48.8 Å². The first-order chi connectivity index (χ1) is 8.77. The van der Waals surface area contributed by atoms with Crippen LogP contribution in [-0.2, 0) is 11.3 Å². The number of hydrogen-bond donors (Lipinski definition) is 2. The standard InChI is InChI=1S/C13H16N4O/c14-12(11-5-2-1-3-6-11)13(18)15-8-10-17-9-4-7-16-17/h1-7,9,12H,8,10,14H2,(H,15,18)/t12-/m0/s1. The van der Waals surface area contributed by atoms with E-state index in [0.717, 1.165) is 5.56 Å². The lowest BCUT2D eigenvalue weighted by Gasteiger charge is -2.12. The Kier molecular flexibility index (Phi) is 4.09. The summed E-state index contributed by atoms with van der Waals surface area (Å²) in [7, 11) is 0. The lowest BCUT2D eigenvalue weighted by atomic mass is 10.1. The van der Waals surface area contributed by atoms with Gasteiger partial charge in [0.25, 0.3) is 0 Å². The average molecular weight is 244 g/mol. The maximum atomic E-state index is 11.8. The maximum Gasteiger partial charge on any atom is 0.241 e. The molecule has 1 heterocycles. The fourth-order valence-corrected chi connectivity index (χ4v) is 1.65. The summed E-state index contributed by atoms with van der Waals surface area (Å²) < 4.78 is 1.76. The number of rotatable bonds is 5. The minimum Gasteiger partial charge on any atom is -0.353 e. The Labute approximate surface area is 106 Å². The lowest BCUT2D eigenvalue weighted by molar-refractivity contribution is -0.122. The Hall–Kier alpha value is -2.14. The van der Waals surface area contributed by atoms with Gasteiger partial charge in [-0.2, -0.15) is 5.10 Å². The normalized spacial score (nSPS) is 12.1. The van der Waals surface area contributed by atoms with Gasteiger partial charge in [-0.15, -0.1) is 0 Å². The van der Waals surface area contributed by atoms with Crippen molar-refractivity contribution in [1.29, 1.82) is 0 Å². The Bertz CT molecular complexity index is 481. The van der Waals surface area contributed by atoms with Crippen molar-refractivity contribution in [3.05, 3.63) is 54.4 Å². The number of aromatic nitrogens is 2. The highest BCUT2D eigenvalue weighted by Crippen LogP contribution is 2.08. The van der Waals surface area contributed by atoms with E-state index in [0.29, 0.717) is 13.1 Å². The third-order valence-corrected chi connectivity index (χ3v) is 2.64. The molecule has 94 valence electrons. The van der Waals surface area contributed by atoms with Gasteiger partial charge in [0.1, 0.15) is 6.04 Å². The first-order valence-electron chi connectivity index (χ1n) is 5.83. The highest BCUT2D eigenvalue weighted by Gasteiger charge is 2.14. The summed E-state index contributed by atoms with van der Waals surface area (Å²) in [5, 5.41) is 6.84. The number of carbonyl (C=O) groups is 1. The molecule has 5 heteroatoms. The number of benzene rings is 1. The van der Waals surface area contributed by atoms with Gasteiger partial charge >= 0.3 is 0 Å². The zero-order valence-electron chi connectivity index (χ0n) is 9.99. The number of nitrogens with two attached hydrogens (primary N) is 1. The first-order valence-corrected chi connectivity index (χ1v) is 5.83. The molecular formula is C13H16N4O. The van der Waals surface area contributed by atoms with Crippen LogP contribution < -0.4 is 11.1 Å². The van der Waals surface area contributed by atoms with E-state index < -0.39 is 6.04 Å². The first kappa shape index (κ1) is 12.3. The second-order valence-electron chi connectivity index (χ2n) is 3.95. The average Bonchev–Trinajstić information content (AvgIpc) is 2.92. The molecule has 0 saturated carbocycles. The van der Waals surface area contributed by atoms with Crippen molar-refractivity contribution < 1.29 is 4.79 Å². The molecule has 0 bridgehead atoms. The molecule has 1 amide bonds. The minimum atomic E-state index is -0.621. The molecule has 0 aliphatic rings. The van der Waals surface area contributed by atoms with Crippen molar-refractivity contribution in [2.24, 2.45) is 5.73 Å². The fourth-order valence-electron chi connectivity index (χ4n) is 1.65. The Morgan fingerprint density at radius 3 is 2.78 bits per heavy atom. The molecule has 0 fully saturated rings. The van der Waals surface area contributed by atoms with Gasteiger partial charge in [-0.25, -0.2) is 0 Å². The summed E-state index contributed by atoms with van der Waals surface area (Å²) >= 11 is 0. The molecule has 0 saturated heterocycles. The van der Waals surface area contributed by atoms with E-state index in [-0.39, 0.29) is 5.91 Å². The number of carbonyl (C=O) groups excluding carboxylic acids is 1. The van der Waals surface area contributed by atoms with Crippen LogP contribution in [0.5, 0.6) is 0 Å². The molecule has 0 aliphatic carbocycles. The number of nitrogens with one attached hydrogen (secondary N) is 1. The van der Waals surface area contributed by atoms with Crippen LogP contribution in [0.1, 0.15) is 11.6 Å². The molecule has 1 aromatic carbocycles. The third kappa shape index (κ3) is 3.18. The monoisotopic (exact) mass is 244 g/mol. The molecule has 5 nitrogen and oxygen atoms in total. The molecule has 2 rings (SSSR count). The van der Waals surface area contributed by atoms with Crippen LogP contribution >= 0.6 is 0 Å². The van der Waals surface area contributed by atoms with E-state index in [1.54, 1.807) is 10.9 Å². The van der Waals surface area contributed by atoms with Crippen LogP contribution in [0, 0.1) is 0 Å². The molecule has 0 spiro atoms. The Morgan fingerprint density at radius 1 is 1.33 bits per heavy atom. The predicted molar refractivity (Wildman–Crippen MR) is 68.6 cm³/mol.